The SMILES string of the molecule is Cn1cc(C(=O)NCc2ccc(Cl)cc2)c(=O)c2cc(CN3CCOCC3)cc(C#CCN3CCC[C@@H]3CO)c21. The summed E-state index contributed by atoms with van der Waals surface area (Å²) >= 11 is 5.97. The molecule has 2 N–H and O–H groups in total. The number of aromatic nitrogens is 1. The van der Waals surface area contributed by atoms with Crippen molar-refractivity contribution >= 4 is 28.4 Å². The van der Waals surface area contributed by atoms with Gasteiger partial charge in [0.15, 0.2) is 0 Å². The average Bonchev–Trinajstić information content (AvgIpc) is 3.42. The molecule has 5 rings (SSSR count). The maximum absolute atomic E-state index is 13.7. The minimum Gasteiger partial charge on any atom is -0.395 e. The second-order valence-electron chi connectivity index (χ2n) is 10.5. The number of carbonyl (C=O) groups excluding carboxylic acids is 1. The van der Waals surface area contributed by atoms with Gasteiger partial charge in [0.05, 0.1) is 31.9 Å². The molecular formula is C31H35ClN4O4. The first-order chi connectivity index (χ1) is 19.4. The summed E-state index contributed by atoms with van der Waals surface area (Å²) in [5, 5.41) is 13.6. The normalized spacial score (nSPS) is 18.0. The van der Waals surface area contributed by atoms with Crippen molar-refractivity contribution in [1.82, 2.24) is 19.7 Å². The Morgan fingerprint density at radius 2 is 1.93 bits per heavy atom. The molecule has 0 unspecified atom stereocenters. The summed E-state index contributed by atoms with van der Waals surface area (Å²) in [5.41, 5.74) is 3.11. The fourth-order valence-electron chi connectivity index (χ4n) is 5.50. The van der Waals surface area contributed by atoms with E-state index in [4.69, 9.17) is 16.3 Å². The fourth-order valence-corrected chi connectivity index (χ4v) is 5.63. The lowest BCUT2D eigenvalue weighted by Gasteiger charge is -2.26. The largest absolute Gasteiger partial charge is 0.395 e. The number of aryl methyl sites for hydroxylation is 1. The van der Waals surface area contributed by atoms with Gasteiger partial charge < -0.3 is 19.7 Å². The van der Waals surface area contributed by atoms with Crippen LogP contribution in [0.4, 0.5) is 0 Å². The Balaban J connectivity index is 1.48. The second kappa shape index (κ2) is 13.0. The first-order valence-electron chi connectivity index (χ1n) is 13.8. The molecular weight excluding hydrogens is 528 g/mol. The Hall–Kier alpha value is -3.19. The molecule has 2 aliphatic heterocycles. The number of fused-ring (bicyclic) bond motifs is 1. The lowest BCUT2D eigenvalue weighted by atomic mass is 10.0. The predicted octanol–water partition coefficient (Wildman–Crippen LogP) is 2.76. The Morgan fingerprint density at radius 1 is 1.15 bits per heavy atom. The number of aliphatic hydroxyl groups excluding tert-OH is 1. The van der Waals surface area contributed by atoms with Crippen LogP contribution in [0.15, 0.2) is 47.4 Å². The number of nitrogens with zero attached hydrogens (tertiary/aromatic N) is 3. The Morgan fingerprint density at radius 3 is 2.67 bits per heavy atom. The molecule has 2 aromatic carbocycles. The van der Waals surface area contributed by atoms with Gasteiger partial charge >= 0.3 is 0 Å². The molecule has 0 bridgehead atoms. The van der Waals surface area contributed by atoms with E-state index in [1.807, 2.05) is 29.8 Å². The van der Waals surface area contributed by atoms with Crippen LogP contribution in [-0.2, 0) is 24.9 Å². The maximum Gasteiger partial charge on any atom is 0.257 e. The van der Waals surface area contributed by atoms with Crippen molar-refractivity contribution in [2.75, 3.05) is 46.0 Å². The van der Waals surface area contributed by atoms with Gasteiger partial charge in [-0.25, -0.2) is 0 Å². The van der Waals surface area contributed by atoms with E-state index in [2.05, 4.69) is 33.0 Å². The average molecular weight is 563 g/mol. The third-order valence-corrected chi connectivity index (χ3v) is 7.92. The highest BCUT2D eigenvalue weighted by atomic mass is 35.5. The van der Waals surface area contributed by atoms with Crippen LogP contribution in [0, 0.1) is 11.8 Å². The summed E-state index contributed by atoms with van der Waals surface area (Å²) in [7, 11) is 1.84. The van der Waals surface area contributed by atoms with Gasteiger partial charge in [0.1, 0.15) is 5.56 Å². The van der Waals surface area contributed by atoms with Crippen molar-refractivity contribution in [3.63, 3.8) is 0 Å². The third-order valence-electron chi connectivity index (χ3n) is 7.67. The number of pyridine rings is 1. The molecule has 1 amide bonds. The highest BCUT2D eigenvalue weighted by Gasteiger charge is 2.23. The van der Waals surface area contributed by atoms with E-state index in [-0.39, 0.29) is 30.2 Å². The molecule has 0 aliphatic carbocycles. The molecule has 0 spiro atoms. The topological polar surface area (TPSA) is 87.0 Å². The van der Waals surface area contributed by atoms with Crippen LogP contribution in [0.1, 0.15) is 39.9 Å². The highest BCUT2D eigenvalue weighted by molar-refractivity contribution is 6.30. The van der Waals surface area contributed by atoms with Gasteiger partial charge in [0.2, 0.25) is 5.43 Å². The number of hydrogen-bond donors (Lipinski definition) is 2. The van der Waals surface area contributed by atoms with Gasteiger partial charge in [-0.3, -0.25) is 19.4 Å². The number of hydrogen-bond acceptors (Lipinski definition) is 6. The van der Waals surface area contributed by atoms with Crippen molar-refractivity contribution in [2.24, 2.45) is 7.05 Å². The minimum atomic E-state index is -0.423. The summed E-state index contributed by atoms with van der Waals surface area (Å²) < 4.78 is 7.32. The van der Waals surface area contributed by atoms with Gasteiger partial charge in [-0.1, -0.05) is 35.6 Å². The number of likely N-dealkylation sites (tertiary alicyclic amines) is 1. The van der Waals surface area contributed by atoms with Crippen molar-refractivity contribution in [3.05, 3.63) is 80.1 Å². The van der Waals surface area contributed by atoms with Crippen LogP contribution in [0.3, 0.4) is 0 Å². The first-order valence-corrected chi connectivity index (χ1v) is 14.1. The lowest BCUT2D eigenvalue weighted by molar-refractivity contribution is 0.0342. The Bertz CT molecular complexity index is 1490. The van der Waals surface area contributed by atoms with Gasteiger partial charge in [-0.15, -0.1) is 0 Å². The number of nitrogens with one attached hydrogen (secondary N) is 1. The molecule has 1 aromatic heterocycles. The molecule has 8 nitrogen and oxygen atoms in total. The van der Waals surface area contributed by atoms with E-state index in [9.17, 15) is 14.7 Å². The molecule has 3 heterocycles. The molecule has 1 atom stereocenters. The van der Waals surface area contributed by atoms with E-state index in [1.54, 1.807) is 18.3 Å². The summed E-state index contributed by atoms with van der Waals surface area (Å²) in [6.45, 7) is 5.58. The van der Waals surface area contributed by atoms with Crippen LogP contribution >= 0.6 is 11.6 Å². The number of amides is 1. The van der Waals surface area contributed by atoms with E-state index in [0.29, 0.717) is 42.2 Å². The molecule has 40 heavy (non-hydrogen) atoms. The fraction of sp³-hybridized carbons (Fsp3) is 0.419. The third kappa shape index (κ3) is 6.57. The van der Waals surface area contributed by atoms with Crippen LogP contribution in [0.25, 0.3) is 10.9 Å². The van der Waals surface area contributed by atoms with Crippen LogP contribution in [0.2, 0.25) is 5.02 Å². The second-order valence-corrected chi connectivity index (χ2v) is 10.9. The van der Waals surface area contributed by atoms with Crippen LogP contribution in [-0.4, -0.2) is 77.4 Å². The standard InChI is InChI=1S/C31H35ClN4O4/c1-34-20-28(31(39)33-18-22-6-8-25(32)9-7-22)30(38)27-17-23(19-35-12-14-40-15-13-35)16-24(29(27)34)4-2-10-36-11-3-5-26(36)21-37/h6-9,16-17,20,26,37H,3,5,10-15,18-19,21H2,1H3,(H,33,39)/t26-/m1/s1. The summed E-state index contributed by atoms with van der Waals surface area (Å²) in [5.74, 6) is 6.18. The van der Waals surface area contributed by atoms with Crippen LogP contribution < -0.4 is 10.7 Å². The quantitative estimate of drug-likeness (QED) is 0.431. The van der Waals surface area contributed by atoms with Gasteiger partial charge in [-0.05, 0) is 54.8 Å². The Labute approximate surface area is 239 Å². The molecule has 2 fully saturated rings. The molecule has 0 radical (unpaired) electrons. The number of aliphatic hydroxyl groups is 1. The zero-order valence-electron chi connectivity index (χ0n) is 22.8. The zero-order chi connectivity index (χ0) is 28.1. The summed E-state index contributed by atoms with van der Waals surface area (Å²) in [6.07, 6.45) is 3.63. The number of rotatable bonds is 7. The Kier molecular flexibility index (Phi) is 9.20. The van der Waals surface area contributed by atoms with E-state index >= 15 is 0 Å². The smallest absolute Gasteiger partial charge is 0.257 e. The van der Waals surface area contributed by atoms with E-state index in [1.165, 1.54) is 0 Å². The van der Waals surface area contributed by atoms with Crippen molar-refractivity contribution in [2.45, 2.75) is 32.0 Å². The van der Waals surface area contributed by atoms with Crippen molar-refractivity contribution < 1.29 is 14.6 Å². The molecule has 0 saturated carbocycles. The summed E-state index contributed by atoms with van der Waals surface area (Å²) in [4.78, 5) is 31.4. The van der Waals surface area contributed by atoms with E-state index < -0.39 is 5.91 Å². The zero-order valence-corrected chi connectivity index (χ0v) is 23.5. The van der Waals surface area contributed by atoms with Gasteiger partial charge in [0, 0.05) is 61.4 Å². The monoisotopic (exact) mass is 562 g/mol. The highest BCUT2D eigenvalue weighted by Crippen LogP contribution is 2.21. The molecule has 210 valence electrons. The van der Waals surface area contributed by atoms with Gasteiger partial charge in [-0.2, -0.15) is 0 Å². The van der Waals surface area contributed by atoms with E-state index in [0.717, 1.165) is 49.2 Å². The summed E-state index contributed by atoms with van der Waals surface area (Å²) in [6, 6.07) is 11.3. The van der Waals surface area contributed by atoms with Gasteiger partial charge in [0.25, 0.3) is 5.91 Å². The maximum atomic E-state index is 13.7. The number of morpholine rings is 1. The predicted molar refractivity (Wildman–Crippen MR) is 156 cm³/mol. The molecule has 9 heteroatoms. The van der Waals surface area contributed by atoms with Crippen molar-refractivity contribution in [1.29, 1.82) is 0 Å². The molecule has 2 aliphatic rings. The number of benzene rings is 2. The van der Waals surface area contributed by atoms with Crippen molar-refractivity contribution in [3.8, 4) is 11.8 Å². The molecule has 3 aromatic rings. The number of carbonyl (C=O) groups is 1. The minimum absolute atomic E-state index is 0.0919. The lowest BCUT2D eigenvalue weighted by Crippen LogP contribution is -2.35. The number of ether oxygens (including phenoxy) is 1. The first kappa shape index (κ1) is 28.3. The molecule has 2 saturated heterocycles. The van der Waals surface area contributed by atoms with Crippen LogP contribution in [0.5, 0.6) is 0 Å². The number of halogens is 1.